The van der Waals surface area contributed by atoms with Crippen LogP contribution in [-0.4, -0.2) is 17.7 Å². The second-order valence-electron chi connectivity index (χ2n) is 5.83. The molecule has 0 fully saturated rings. The van der Waals surface area contributed by atoms with Crippen LogP contribution < -0.4 is 4.74 Å². The largest absolute Gasteiger partial charge is 0.492 e. The number of rotatable bonds is 3. The molecule has 0 saturated carbocycles. The molecule has 3 aromatic carbocycles. The van der Waals surface area contributed by atoms with E-state index in [0.717, 1.165) is 34.2 Å². The minimum absolute atomic E-state index is 0.239. The van der Waals surface area contributed by atoms with Crippen molar-refractivity contribution in [2.45, 2.75) is 6.42 Å². The Morgan fingerprint density at radius 1 is 0.875 bits per heavy atom. The summed E-state index contributed by atoms with van der Waals surface area (Å²) in [6.07, 6.45) is 0.747. The average molecular weight is 316 g/mol. The number of fused-ring (bicyclic) bond motifs is 1. The minimum atomic E-state index is -0.952. The third-order valence-corrected chi connectivity index (χ3v) is 4.34. The van der Waals surface area contributed by atoms with E-state index in [1.54, 1.807) is 6.07 Å². The fourth-order valence-corrected chi connectivity index (χ4v) is 3.23. The maximum Gasteiger partial charge on any atom is 0.339 e. The summed E-state index contributed by atoms with van der Waals surface area (Å²) in [7, 11) is 0. The highest BCUT2D eigenvalue weighted by atomic mass is 16.5. The lowest BCUT2D eigenvalue weighted by Gasteiger charge is -2.13. The van der Waals surface area contributed by atoms with E-state index in [0.29, 0.717) is 12.4 Å². The number of carboxylic acids is 1. The SMILES string of the molecule is O=C(O)c1cc(-c2ccccc2-c2ccccc2)cc2c1OCC2. The quantitative estimate of drug-likeness (QED) is 0.765. The van der Waals surface area contributed by atoms with Crippen LogP contribution in [0.1, 0.15) is 15.9 Å². The Hall–Kier alpha value is -3.07. The zero-order valence-corrected chi connectivity index (χ0v) is 13.0. The Bertz CT molecular complexity index is 914. The van der Waals surface area contributed by atoms with Gasteiger partial charge in [-0.05, 0) is 39.9 Å². The highest BCUT2D eigenvalue weighted by Gasteiger charge is 2.22. The molecule has 3 heteroatoms. The first kappa shape index (κ1) is 14.5. The van der Waals surface area contributed by atoms with Gasteiger partial charge in [0.25, 0.3) is 0 Å². The molecule has 0 spiro atoms. The predicted octanol–water partition coefficient (Wildman–Crippen LogP) is 4.65. The predicted molar refractivity (Wildman–Crippen MR) is 93.5 cm³/mol. The molecule has 3 nitrogen and oxygen atoms in total. The zero-order chi connectivity index (χ0) is 16.5. The van der Waals surface area contributed by atoms with Gasteiger partial charge in [0.1, 0.15) is 11.3 Å². The van der Waals surface area contributed by atoms with E-state index < -0.39 is 5.97 Å². The van der Waals surface area contributed by atoms with E-state index in [2.05, 4.69) is 24.3 Å². The smallest absolute Gasteiger partial charge is 0.339 e. The standard InChI is InChI=1S/C21H16O3/c22-21(23)19-13-16(12-15-10-11-24-20(15)19)18-9-5-4-8-17(18)14-6-2-1-3-7-14/h1-9,12-13H,10-11H2,(H,22,23). The van der Waals surface area contributed by atoms with Gasteiger partial charge in [0, 0.05) is 6.42 Å². The Balaban J connectivity index is 1.92. The van der Waals surface area contributed by atoms with E-state index >= 15 is 0 Å². The molecular formula is C21H16O3. The van der Waals surface area contributed by atoms with Crippen molar-refractivity contribution in [1.29, 1.82) is 0 Å². The van der Waals surface area contributed by atoms with Crippen LogP contribution in [0.25, 0.3) is 22.3 Å². The summed E-state index contributed by atoms with van der Waals surface area (Å²) in [5.41, 5.74) is 5.35. The van der Waals surface area contributed by atoms with Crippen molar-refractivity contribution >= 4 is 5.97 Å². The van der Waals surface area contributed by atoms with Crippen molar-refractivity contribution in [2.75, 3.05) is 6.61 Å². The van der Waals surface area contributed by atoms with Gasteiger partial charge >= 0.3 is 5.97 Å². The van der Waals surface area contributed by atoms with Gasteiger partial charge in [0.05, 0.1) is 6.61 Å². The molecule has 4 rings (SSSR count). The molecule has 0 aliphatic carbocycles. The molecule has 118 valence electrons. The van der Waals surface area contributed by atoms with Gasteiger partial charge in [-0.1, -0.05) is 54.6 Å². The summed E-state index contributed by atoms with van der Waals surface area (Å²) in [5, 5.41) is 9.53. The third kappa shape index (κ3) is 2.44. The molecule has 0 aromatic heterocycles. The Labute approximate surface area is 140 Å². The van der Waals surface area contributed by atoms with Gasteiger partial charge in [-0.2, -0.15) is 0 Å². The fraction of sp³-hybridized carbons (Fsp3) is 0.0952. The van der Waals surface area contributed by atoms with Crippen molar-refractivity contribution < 1.29 is 14.6 Å². The molecule has 1 aliphatic heterocycles. The lowest BCUT2D eigenvalue weighted by molar-refractivity contribution is 0.0693. The lowest BCUT2D eigenvalue weighted by Crippen LogP contribution is -2.01. The van der Waals surface area contributed by atoms with E-state index in [9.17, 15) is 9.90 Å². The maximum atomic E-state index is 11.6. The van der Waals surface area contributed by atoms with Crippen molar-refractivity contribution in [1.82, 2.24) is 0 Å². The van der Waals surface area contributed by atoms with Gasteiger partial charge in [0.15, 0.2) is 0 Å². The Morgan fingerprint density at radius 2 is 1.54 bits per heavy atom. The van der Waals surface area contributed by atoms with Crippen LogP contribution in [0.15, 0.2) is 66.7 Å². The minimum Gasteiger partial charge on any atom is -0.492 e. The molecule has 1 heterocycles. The Kier molecular flexibility index (Phi) is 3.54. The molecule has 0 amide bonds. The van der Waals surface area contributed by atoms with Gasteiger partial charge < -0.3 is 9.84 Å². The molecule has 0 radical (unpaired) electrons. The average Bonchev–Trinajstić information content (AvgIpc) is 3.10. The van der Waals surface area contributed by atoms with Crippen molar-refractivity contribution in [3.05, 3.63) is 77.9 Å². The topological polar surface area (TPSA) is 46.5 Å². The third-order valence-electron chi connectivity index (χ3n) is 4.34. The Morgan fingerprint density at radius 3 is 2.25 bits per heavy atom. The van der Waals surface area contributed by atoms with E-state index in [4.69, 9.17) is 4.74 Å². The first-order valence-corrected chi connectivity index (χ1v) is 7.92. The summed E-state index contributed by atoms with van der Waals surface area (Å²) in [6, 6.07) is 22.0. The lowest BCUT2D eigenvalue weighted by atomic mass is 9.92. The highest BCUT2D eigenvalue weighted by Crippen LogP contribution is 2.38. The van der Waals surface area contributed by atoms with Crippen LogP contribution in [-0.2, 0) is 6.42 Å². The van der Waals surface area contributed by atoms with E-state index in [-0.39, 0.29) is 5.56 Å². The number of ether oxygens (including phenoxy) is 1. The number of hydrogen-bond acceptors (Lipinski definition) is 2. The second-order valence-corrected chi connectivity index (χ2v) is 5.83. The molecule has 1 N–H and O–H groups in total. The number of aromatic carboxylic acids is 1. The van der Waals surface area contributed by atoms with Gasteiger partial charge in [-0.3, -0.25) is 0 Å². The molecule has 0 unspecified atom stereocenters. The summed E-state index contributed by atoms with van der Waals surface area (Å²) < 4.78 is 5.52. The second kappa shape index (κ2) is 5.85. The van der Waals surface area contributed by atoms with Gasteiger partial charge in [0.2, 0.25) is 0 Å². The number of carboxylic acid groups (broad SMARTS) is 1. The summed E-state index contributed by atoms with van der Waals surface area (Å²) >= 11 is 0. The number of benzene rings is 3. The zero-order valence-electron chi connectivity index (χ0n) is 13.0. The van der Waals surface area contributed by atoms with Crippen LogP contribution in [0, 0.1) is 0 Å². The monoisotopic (exact) mass is 316 g/mol. The number of carbonyl (C=O) groups is 1. The molecule has 0 atom stereocenters. The normalized spacial score (nSPS) is 12.5. The first-order chi connectivity index (χ1) is 11.7. The van der Waals surface area contributed by atoms with Crippen molar-refractivity contribution in [3.8, 4) is 28.0 Å². The summed E-state index contributed by atoms with van der Waals surface area (Å²) in [5.74, 6) is -0.435. The van der Waals surface area contributed by atoms with Crippen LogP contribution in [0.3, 0.4) is 0 Å². The van der Waals surface area contributed by atoms with Crippen molar-refractivity contribution in [2.24, 2.45) is 0 Å². The highest BCUT2D eigenvalue weighted by molar-refractivity contribution is 5.95. The molecular weight excluding hydrogens is 300 g/mol. The first-order valence-electron chi connectivity index (χ1n) is 7.92. The van der Waals surface area contributed by atoms with Crippen LogP contribution >= 0.6 is 0 Å². The van der Waals surface area contributed by atoms with Crippen LogP contribution in [0.4, 0.5) is 0 Å². The van der Waals surface area contributed by atoms with Crippen LogP contribution in [0.5, 0.6) is 5.75 Å². The fourth-order valence-electron chi connectivity index (χ4n) is 3.23. The molecule has 24 heavy (non-hydrogen) atoms. The number of hydrogen-bond donors (Lipinski definition) is 1. The maximum absolute atomic E-state index is 11.6. The molecule has 0 saturated heterocycles. The van der Waals surface area contributed by atoms with E-state index in [1.807, 2.05) is 36.4 Å². The molecule has 1 aliphatic rings. The van der Waals surface area contributed by atoms with E-state index in [1.165, 1.54) is 0 Å². The van der Waals surface area contributed by atoms with Gasteiger partial charge in [-0.15, -0.1) is 0 Å². The van der Waals surface area contributed by atoms with Crippen LogP contribution in [0.2, 0.25) is 0 Å². The summed E-state index contributed by atoms with van der Waals surface area (Å²) in [6.45, 7) is 0.541. The molecule has 0 bridgehead atoms. The van der Waals surface area contributed by atoms with Gasteiger partial charge in [-0.25, -0.2) is 4.79 Å². The molecule has 3 aromatic rings. The summed E-state index contributed by atoms with van der Waals surface area (Å²) in [4.78, 5) is 11.6. The van der Waals surface area contributed by atoms with Crippen molar-refractivity contribution in [3.63, 3.8) is 0 Å².